The van der Waals surface area contributed by atoms with Crippen LogP contribution in [0.4, 0.5) is 14.5 Å². The third-order valence-electron chi connectivity index (χ3n) is 5.26. The minimum atomic E-state index is -0.858. The maximum atomic E-state index is 14.5. The van der Waals surface area contributed by atoms with Gasteiger partial charge in [-0.05, 0) is 67.0 Å². The molecule has 0 aromatic heterocycles. The van der Waals surface area contributed by atoms with E-state index in [1.165, 1.54) is 6.92 Å². The Hall–Kier alpha value is -3.57. The number of thiocarbonyl (C=S) groups is 1. The van der Waals surface area contributed by atoms with Crippen molar-refractivity contribution < 1.29 is 19.0 Å². The average Bonchev–Trinajstić information content (AvgIpc) is 2.87. The molecule has 0 spiro atoms. The van der Waals surface area contributed by atoms with Crippen LogP contribution in [-0.2, 0) is 0 Å². The lowest BCUT2D eigenvalue weighted by Crippen LogP contribution is -2.33. The highest BCUT2D eigenvalue weighted by Crippen LogP contribution is 2.35. The number of hydrogen-bond donors (Lipinski definition) is 0. The summed E-state index contributed by atoms with van der Waals surface area (Å²) in [5.41, 5.74) is 5.66. The van der Waals surface area contributed by atoms with Crippen molar-refractivity contribution in [3.8, 4) is 11.5 Å². The molecule has 6 heteroatoms. The highest BCUT2D eigenvalue weighted by molar-refractivity contribution is 7.80. The molecule has 0 unspecified atom stereocenters. The molecule has 0 aliphatic carbocycles. The molecule has 1 aliphatic rings. The predicted molar refractivity (Wildman–Crippen MR) is 144 cm³/mol. The van der Waals surface area contributed by atoms with Crippen LogP contribution in [0.25, 0.3) is 6.08 Å². The molecule has 0 saturated carbocycles. The SMILES string of the molecule is C=C=C1/C(=C/c2ccc(C)c(F)c2F)CCC(=S)N1c1ccc(Oc2ccccc2)cc1.CC.O. The van der Waals surface area contributed by atoms with Crippen molar-refractivity contribution in [1.29, 1.82) is 0 Å². The van der Waals surface area contributed by atoms with E-state index in [-0.39, 0.29) is 16.6 Å². The van der Waals surface area contributed by atoms with E-state index in [1.54, 1.807) is 18.2 Å². The van der Waals surface area contributed by atoms with Gasteiger partial charge in [-0.25, -0.2) is 8.78 Å². The quantitative estimate of drug-likeness (QED) is 0.274. The third kappa shape index (κ3) is 6.31. The van der Waals surface area contributed by atoms with Crippen molar-refractivity contribution in [2.75, 3.05) is 4.90 Å². The molecule has 0 atom stereocenters. The molecule has 1 saturated heterocycles. The number of para-hydroxylation sites is 1. The third-order valence-corrected chi connectivity index (χ3v) is 5.65. The Labute approximate surface area is 211 Å². The number of ether oxygens (including phenoxy) is 1. The van der Waals surface area contributed by atoms with Gasteiger partial charge in [0.25, 0.3) is 0 Å². The van der Waals surface area contributed by atoms with Crippen LogP contribution in [0.1, 0.15) is 37.8 Å². The fourth-order valence-corrected chi connectivity index (χ4v) is 3.89. The number of allylic oxidation sites excluding steroid dienone is 1. The minimum Gasteiger partial charge on any atom is -0.457 e. The standard InChI is InChI=1S/C27H21F2NOS.C2H6.H2O/c1-3-24-19(17-20-10-9-18(2)26(28)27(20)29)11-16-25(32)30(24)21-12-14-23(15-13-21)31-22-7-5-4-6-8-22;1-2;/h4-10,12-15,17H,1,11,16H2,2H3;1-2H3;1H2/b19-17+;;. The van der Waals surface area contributed by atoms with Gasteiger partial charge in [-0.1, -0.05) is 63.0 Å². The van der Waals surface area contributed by atoms with E-state index in [0.29, 0.717) is 29.3 Å². The molecule has 182 valence electrons. The molecule has 1 heterocycles. The van der Waals surface area contributed by atoms with Crippen LogP contribution in [0.3, 0.4) is 0 Å². The number of anilines is 1. The van der Waals surface area contributed by atoms with Crippen LogP contribution in [-0.4, -0.2) is 10.5 Å². The van der Waals surface area contributed by atoms with Crippen molar-refractivity contribution in [2.24, 2.45) is 0 Å². The Bertz CT molecular complexity index is 1250. The summed E-state index contributed by atoms with van der Waals surface area (Å²) in [6.45, 7) is 9.36. The molecule has 0 amide bonds. The van der Waals surface area contributed by atoms with Gasteiger partial charge in [0.1, 0.15) is 11.5 Å². The summed E-state index contributed by atoms with van der Waals surface area (Å²) in [6.07, 6.45) is 2.84. The second kappa shape index (κ2) is 12.8. The number of hydrogen-bond acceptors (Lipinski definition) is 2. The first-order valence-corrected chi connectivity index (χ1v) is 11.6. The topological polar surface area (TPSA) is 44.0 Å². The van der Waals surface area contributed by atoms with E-state index < -0.39 is 11.6 Å². The van der Waals surface area contributed by atoms with E-state index in [1.807, 2.05) is 73.3 Å². The van der Waals surface area contributed by atoms with Gasteiger partial charge >= 0.3 is 0 Å². The molecular weight excluding hydrogens is 464 g/mol. The van der Waals surface area contributed by atoms with E-state index >= 15 is 0 Å². The van der Waals surface area contributed by atoms with E-state index in [2.05, 4.69) is 12.3 Å². The molecular formula is C29H29F2NO2S. The monoisotopic (exact) mass is 493 g/mol. The Balaban J connectivity index is 0.00000140. The van der Waals surface area contributed by atoms with Gasteiger partial charge < -0.3 is 10.2 Å². The first kappa shape index (κ1) is 27.7. The van der Waals surface area contributed by atoms with Gasteiger partial charge in [0.15, 0.2) is 11.6 Å². The average molecular weight is 494 g/mol. The zero-order valence-corrected chi connectivity index (χ0v) is 20.9. The normalized spacial score (nSPS) is 14.0. The second-order valence-corrected chi connectivity index (χ2v) is 7.90. The number of rotatable bonds is 4. The molecule has 1 fully saturated rings. The lowest BCUT2D eigenvalue weighted by molar-refractivity contribution is 0.483. The molecule has 1 aliphatic heterocycles. The molecule has 3 nitrogen and oxygen atoms in total. The largest absolute Gasteiger partial charge is 0.457 e. The molecule has 4 rings (SSSR count). The number of aryl methyl sites for hydroxylation is 1. The number of benzene rings is 3. The lowest BCUT2D eigenvalue weighted by Gasteiger charge is -2.33. The van der Waals surface area contributed by atoms with Gasteiger partial charge in [0.2, 0.25) is 0 Å². The Kier molecular flexibility index (Phi) is 10.1. The molecule has 35 heavy (non-hydrogen) atoms. The lowest BCUT2D eigenvalue weighted by atomic mass is 9.97. The van der Waals surface area contributed by atoms with Crippen molar-refractivity contribution in [1.82, 2.24) is 0 Å². The van der Waals surface area contributed by atoms with Crippen molar-refractivity contribution in [2.45, 2.75) is 33.6 Å². The Morgan fingerprint density at radius 2 is 1.54 bits per heavy atom. The number of nitrogens with zero attached hydrogens (tertiary/aromatic N) is 1. The summed E-state index contributed by atoms with van der Waals surface area (Å²) in [4.78, 5) is 2.58. The summed E-state index contributed by atoms with van der Waals surface area (Å²) < 4.78 is 34.4. The predicted octanol–water partition coefficient (Wildman–Crippen LogP) is 7.95. The van der Waals surface area contributed by atoms with Crippen LogP contribution in [0.15, 0.2) is 90.3 Å². The van der Waals surface area contributed by atoms with Crippen LogP contribution >= 0.6 is 12.2 Å². The van der Waals surface area contributed by atoms with Gasteiger partial charge in [-0.2, -0.15) is 0 Å². The summed E-state index contributed by atoms with van der Waals surface area (Å²) in [5, 5.41) is 0. The van der Waals surface area contributed by atoms with Crippen LogP contribution in [0, 0.1) is 18.6 Å². The maximum Gasteiger partial charge on any atom is 0.166 e. The van der Waals surface area contributed by atoms with E-state index in [4.69, 9.17) is 17.0 Å². The van der Waals surface area contributed by atoms with Crippen LogP contribution < -0.4 is 9.64 Å². The van der Waals surface area contributed by atoms with Crippen molar-refractivity contribution >= 4 is 29.0 Å². The summed E-state index contributed by atoms with van der Waals surface area (Å²) in [5.74, 6) is -0.248. The van der Waals surface area contributed by atoms with Gasteiger partial charge in [0, 0.05) is 17.7 Å². The van der Waals surface area contributed by atoms with Crippen LogP contribution in [0.2, 0.25) is 0 Å². The zero-order valence-electron chi connectivity index (χ0n) is 20.1. The van der Waals surface area contributed by atoms with Crippen molar-refractivity contribution in [3.05, 3.63) is 113 Å². The summed E-state index contributed by atoms with van der Waals surface area (Å²) in [7, 11) is 0. The molecule has 0 bridgehead atoms. The molecule has 2 N–H and O–H groups in total. The number of halogens is 2. The minimum absolute atomic E-state index is 0. The van der Waals surface area contributed by atoms with Crippen LogP contribution in [0.5, 0.6) is 11.5 Å². The maximum absolute atomic E-state index is 14.5. The highest BCUT2D eigenvalue weighted by atomic mass is 32.1. The Morgan fingerprint density at radius 1 is 0.914 bits per heavy atom. The molecule has 3 aromatic carbocycles. The smallest absolute Gasteiger partial charge is 0.166 e. The first-order chi connectivity index (χ1) is 16.5. The van der Waals surface area contributed by atoms with E-state index in [9.17, 15) is 8.78 Å². The van der Waals surface area contributed by atoms with Gasteiger partial charge in [-0.15, -0.1) is 5.73 Å². The number of piperidine rings is 1. The fourth-order valence-electron chi connectivity index (χ4n) is 3.59. The highest BCUT2D eigenvalue weighted by Gasteiger charge is 2.26. The molecule has 0 radical (unpaired) electrons. The van der Waals surface area contributed by atoms with E-state index in [0.717, 1.165) is 17.0 Å². The fraction of sp³-hybridized carbons (Fsp3) is 0.172. The summed E-state index contributed by atoms with van der Waals surface area (Å²) >= 11 is 5.62. The Morgan fingerprint density at radius 3 is 2.17 bits per heavy atom. The second-order valence-electron chi connectivity index (χ2n) is 7.43. The van der Waals surface area contributed by atoms with Crippen molar-refractivity contribution in [3.63, 3.8) is 0 Å². The first-order valence-electron chi connectivity index (χ1n) is 11.2. The molecule has 3 aromatic rings. The van der Waals surface area contributed by atoms with Gasteiger partial charge in [0.05, 0.1) is 10.7 Å². The summed E-state index contributed by atoms with van der Waals surface area (Å²) in [6, 6.07) is 20.2. The zero-order chi connectivity index (χ0) is 24.7. The van der Waals surface area contributed by atoms with Gasteiger partial charge in [-0.3, -0.25) is 4.90 Å².